The van der Waals surface area contributed by atoms with Crippen molar-refractivity contribution in [2.24, 2.45) is 0 Å². The van der Waals surface area contributed by atoms with Gasteiger partial charge in [-0.2, -0.15) is 4.31 Å². The lowest BCUT2D eigenvalue weighted by atomic mass is 10.0. The van der Waals surface area contributed by atoms with E-state index in [1.54, 1.807) is 12.1 Å². The van der Waals surface area contributed by atoms with Crippen LogP contribution in [0.25, 0.3) is 0 Å². The van der Waals surface area contributed by atoms with Crippen LogP contribution in [-0.2, 0) is 26.0 Å². The van der Waals surface area contributed by atoms with Crippen molar-refractivity contribution >= 4 is 15.9 Å². The van der Waals surface area contributed by atoms with Crippen molar-refractivity contribution in [1.82, 2.24) is 14.5 Å². The van der Waals surface area contributed by atoms with E-state index in [0.29, 0.717) is 5.56 Å². The van der Waals surface area contributed by atoms with E-state index in [9.17, 15) is 13.2 Å². The average Bonchev–Trinajstić information content (AvgIpc) is 2.86. The number of nitrogens with zero attached hydrogens (tertiary/aromatic N) is 2. The molecule has 10 heteroatoms. The maximum absolute atomic E-state index is 13.0. The number of ether oxygens (including phenoxy) is 2. The van der Waals surface area contributed by atoms with Gasteiger partial charge < -0.3 is 27.2 Å². The van der Waals surface area contributed by atoms with Crippen molar-refractivity contribution in [3.05, 3.63) is 65.7 Å². The van der Waals surface area contributed by atoms with Crippen LogP contribution in [0.3, 0.4) is 0 Å². The summed E-state index contributed by atoms with van der Waals surface area (Å²) in [5, 5.41) is 3.10. The van der Waals surface area contributed by atoms with E-state index in [1.165, 1.54) is 36.2 Å². The largest absolute Gasteiger partial charge is 1.00 e. The number of methoxy groups -OCH3 is 2. The molecule has 1 amide bonds. The van der Waals surface area contributed by atoms with E-state index in [2.05, 4.69) is 34.5 Å². The predicted octanol–water partition coefficient (Wildman–Crippen LogP) is -0.631. The highest BCUT2D eigenvalue weighted by Gasteiger charge is 2.25. The van der Waals surface area contributed by atoms with Crippen molar-refractivity contribution in [2.45, 2.75) is 30.3 Å². The summed E-state index contributed by atoms with van der Waals surface area (Å²) in [6.45, 7) is 3.80. The summed E-state index contributed by atoms with van der Waals surface area (Å²) in [7, 11) is -0.652. The zero-order chi connectivity index (χ0) is 24.4. The van der Waals surface area contributed by atoms with Gasteiger partial charge >= 0.3 is 0 Å². The first-order valence-electron chi connectivity index (χ1n) is 11.6. The van der Waals surface area contributed by atoms with Crippen LogP contribution in [0.15, 0.2) is 59.5 Å². The van der Waals surface area contributed by atoms with E-state index < -0.39 is 10.0 Å². The van der Waals surface area contributed by atoms with Crippen LogP contribution < -0.4 is 17.7 Å². The lowest BCUT2D eigenvalue weighted by Crippen LogP contribution is -3.00. The number of hydrogen-bond acceptors (Lipinski definition) is 6. The van der Waals surface area contributed by atoms with E-state index in [0.717, 1.165) is 32.5 Å². The van der Waals surface area contributed by atoms with E-state index in [-0.39, 0.29) is 55.6 Å². The molecule has 0 saturated carbocycles. The van der Waals surface area contributed by atoms with Gasteiger partial charge in [-0.05, 0) is 42.7 Å². The van der Waals surface area contributed by atoms with Gasteiger partial charge in [-0.15, -0.1) is 0 Å². The zero-order valence-corrected chi connectivity index (χ0v) is 21.9. The fourth-order valence-electron chi connectivity index (χ4n) is 4.01. The molecule has 0 spiro atoms. The van der Waals surface area contributed by atoms with Crippen molar-refractivity contribution in [3.63, 3.8) is 0 Å². The first-order valence-corrected chi connectivity index (χ1v) is 13.0. The summed E-state index contributed by atoms with van der Waals surface area (Å²) < 4.78 is 37.4. The molecular weight excluding hydrogens is 490 g/mol. The molecule has 8 nitrogen and oxygen atoms in total. The minimum atomic E-state index is -3.71. The summed E-state index contributed by atoms with van der Waals surface area (Å²) in [6, 6.07) is 16.6. The van der Waals surface area contributed by atoms with Gasteiger partial charge in [-0.25, -0.2) is 8.42 Å². The summed E-state index contributed by atoms with van der Waals surface area (Å²) in [5.74, 6) is -0.180. The second kappa shape index (κ2) is 14.5. The summed E-state index contributed by atoms with van der Waals surface area (Å²) >= 11 is 0. The van der Waals surface area contributed by atoms with Crippen LogP contribution in [0.4, 0.5) is 0 Å². The van der Waals surface area contributed by atoms with Gasteiger partial charge in [0.2, 0.25) is 10.0 Å². The molecule has 0 radical (unpaired) electrons. The molecule has 0 aliphatic carbocycles. The number of amides is 1. The normalized spacial score (nSPS) is 15.1. The van der Waals surface area contributed by atoms with Crippen LogP contribution in [0.2, 0.25) is 0 Å². The smallest absolute Gasteiger partial charge is 0.251 e. The molecule has 0 atom stereocenters. The molecule has 194 valence electrons. The van der Waals surface area contributed by atoms with Crippen LogP contribution in [0.5, 0.6) is 0 Å². The molecule has 0 bridgehead atoms. The number of rotatable bonds is 12. The molecule has 2 aromatic carbocycles. The number of likely N-dealkylation sites (tertiary alicyclic amines) is 1. The van der Waals surface area contributed by atoms with E-state index >= 15 is 0 Å². The van der Waals surface area contributed by atoms with Crippen molar-refractivity contribution in [3.8, 4) is 0 Å². The molecule has 1 heterocycles. The molecule has 1 fully saturated rings. The highest BCUT2D eigenvalue weighted by atomic mass is 35.5. The lowest BCUT2D eigenvalue weighted by molar-refractivity contribution is -0.0000189. The third kappa shape index (κ3) is 8.56. The third-order valence-electron chi connectivity index (χ3n) is 6.02. The Morgan fingerprint density at radius 2 is 1.54 bits per heavy atom. The number of nitrogens with one attached hydrogen (secondary N) is 1. The molecule has 1 aliphatic heterocycles. The maximum Gasteiger partial charge on any atom is 0.251 e. The first kappa shape index (κ1) is 29.2. The van der Waals surface area contributed by atoms with Crippen molar-refractivity contribution in [2.75, 3.05) is 53.6 Å². The Kier molecular flexibility index (Phi) is 12.1. The van der Waals surface area contributed by atoms with Crippen LogP contribution >= 0.6 is 0 Å². The Morgan fingerprint density at radius 1 is 0.971 bits per heavy atom. The van der Waals surface area contributed by atoms with Crippen molar-refractivity contribution < 1.29 is 35.1 Å². The number of benzene rings is 2. The Morgan fingerprint density at radius 3 is 2.09 bits per heavy atom. The number of carbonyl (C=O) groups is 1. The number of piperidine rings is 1. The molecule has 1 N–H and O–H groups in total. The highest BCUT2D eigenvalue weighted by molar-refractivity contribution is 7.89. The highest BCUT2D eigenvalue weighted by Crippen LogP contribution is 2.18. The fraction of sp³-hybridized carbons (Fsp3) is 0.480. The van der Waals surface area contributed by atoms with E-state index in [1.807, 2.05) is 6.07 Å². The standard InChI is InChI=1S/C25H35N3O5S.ClH/c1-32-18-16-28(17-19-33-2)34(30,31)24-10-8-22(9-11-24)25(29)26-23-12-14-27(15-13-23)20-21-6-4-3-5-7-21;/h3-11,23H,12-20H2,1-2H3,(H,26,29);1H/p-1. The SMILES string of the molecule is COCCN(CCOC)S(=O)(=O)c1ccc(C(=O)NC2CCN(Cc3ccccc3)CC2)cc1.[Cl-]. The maximum atomic E-state index is 13.0. The Hall–Kier alpha value is -2.01. The second-order valence-corrected chi connectivity index (χ2v) is 10.4. The number of carbonyl (C=O) groups excluding carboxylic acids is 1. The molecule has 0 aromatic heterocycles. The number of hydrogen-bond donors (Lipinski definition) is 1. The molecule has 1 aliphatic rings. The van der Waals surface area contributed by atoms with Gasteiger partial charge in [0, 0.05) is 58.5 Å². The fourth-order valence-corrected chi connectivity index (χ4v) is 5.42. The first-order chi connectivity index (χ1) is 16.4. The topological polar surface area (TPSA) is 88.2 Å². The minimum absolute atomic E-state index is 0. The Balaban J connectivity index is 0.00000432. The lowest BCUT2D eigenvalue weighted by Gasteiger charge is -2.32. The van der Waals surface area contributed by atoms with Gasteiger partial charge in [0.05, 0.1) is 18.1 Å². The second-order valence-electron chi connectivity index (χ2n) is 8.42. The van der Waals surface area contributed by atoms with Gasteiger partial charge in [0.25, 0.3) is 5.91 Å². The molecule has 1 saturated heterocycles. The predicted molar refractivity (Wildman–Crippen MR) is 131 cm³/mol. The molecule has 3 rings (SSSR count). The van der Waals surface area contributed by atoms with Gasteiger partial charge in [-0.1, -0.05) is 30.3 Å². The van der Waals surface area contributed by atoms with Crippen LogP contribution in [0.1, 0.15) is 28.8 Å². The van der Waals surface area contributed by atoms with Crippen molar-refractivity contribution in [1.29, 1.82) is 0 Å². The van der Waals surface area contributed by atoms with Crippen LogP contribution in [-0.4, -0.2) is 83.2 Å². The molecule has 35 heavy (non-hydrogen) atoms. The quantitative estimate of drug-likeness (QED) is 0.398. The molecule has 2 aromatic rings. The van der Waals surface area contributed by atoms with Crippen LogP contribution in [0, 0.1) is 0 Å². The third-order valence-corrected chi connectivity index (χ3v) is 7.93. The monoisotopic (exact) mass is 524 g/mol. The number of sulfonamides is 1. The van der Waals surface area contributed by atoms with Gasteiger partial charge in [0.1, 0.15) is 0 Å². The average molecular weight is 525 g/mol. The van der Waals surface area contributed by atoms with Gasteiger partial charge in [-0.3, -0.25) is 9.69 Å². The zero-order valence-electron chi connectivity index (χ0n) is 20.4. The molecular formula is C25H35ClN3O5S-. The molecule has 0 unspecified atom stereocenters. The summed E-state index contributed by atoms with van der Waals surface area (Å²) in [4.78, 5) is 15.3. The Labute approximate surface area is 215 Å². The minimum Gasteiger partial charge on any atom is -1.00 e. The van der Waals surface area contributed by atoms with Gasteiger partial charge in [0.15, 0.2) is 0 Å². The van der Waals surface area contributed by atoms with E-state index in [4.69, 9.17) is 9.47 Å². The summed E-state index contributed by atoms with van der Waals surface area (Å²) in [6.07, 6.45) is 1.78. The number of halogens is 1. The Bertz CT molecular complexity index is 990. The summed E-state index contributed by atoms with van der Waals surface area (Å²) in [5.41, 5.74) is 1.74.